The largest absolute Gasteiger partial charge is 0.297 e. The van der Waals surface area contributed by atoms with Crippen LogP contribution in [0.1, 0.15) is 9.67 Å². The number of pyridine rings is 1. The lowest BCUT2D eigenvalue weighted by Gasteiger charge is -1.96. The molecule has 0 atom stereocenters. The van der Waals surface area contributed by atoms with Gasteiger partial charge in [-0.15, -0.1) is 22.7 Å². The molecule has 1 amide bonds. The first-order valence-corrected chi connectivity index (χ1v) is 7.10. The summed E-state index contributed by atoms with van der Waals surface area (Å²) in [6.45, 7) is 0. The van der Waals surface area contributed by atoms with Gasteiger partial charge in [-0.1, -0.05) is 6.07 Å². The molecule has 0 aliphatic carbocycles. The first-order valence-electron chi connectivity index (χ1n) is 5.41. The van der Waals surface area contributed by atoms with E-state index in [0.717, 1.165) is 10.7 Å². The van der Waals surface area contributed by atoms with Crippen LogP contribution < -0.4 is 5.32 Å². The Morgan fingerprint density at radius 3 is 2.84 bits per heavy atom. The molecular formula is C12H8N4OS2. The van der Waals surface area contributed by atoms with Gasteiger partial charge in [0.25, 0.3) is 5.91 Å². The summed E-state index contributed by atoms with van der Waals surface area (Å²) in [6, 6.07) is 5.59. The van der Waals surface area contributed by atoms with Crippen LogP contribution in [0.5, 0.6) is 0 Å². The molecule has 3 aromatic heterocycles. The summed E-state index contributed by atoms with van der Waals surface area (Å²) >= 11 is 2.69. The van der Waals surface area contributed by atoms with Gasteiger partial charge in [-0.3, -0.25) is 15.1 Å². The van der Waals surface area contributed by atoms with Gasteiger partial charge in [0, 0.05) is 17.8 Å². The molecule has 0 spiro atoms. The average molecular weight is 288 g/mol. The molecule has 0 fully saturated rings. The maximum absolute atomic E-state index is 12.0. The molecule has 3 aromatic rings. The maximum Gasteiger partial charge on any atom is 0.269 e. The molecular weight excluding hydrogens is 280 g/mol. The lowest BCUT2D eigenvalue weighted by atomic mass is 10.4. The summed E-state index contributed by atoms with van der Waals surface area (Å²) in [5, 5.41) is 5.84. The highest BCUT2D eigenvalue weighted by molar-refractivity contribution is 7.17. The van der Waals surface area contributed by atoms with Gasteiger partial charge in [0.1, 0.15) is 9.88 Å². The third kappa shape index (κ3) is 2.67. The van der Waals surface area contributed by atoms with Crippen molar-refractivity contribution in [3.63, 3.8) is 0 Å². The zero-order valence-corrected chi connectivity index (χ0v) is 11.2. The molecule has 0 bridgehead atoms. The highest BCUT2D eigenvalue weighted by Crippen LogP contribution is 2.24. The smallest absolute Gasteiger partial charge is 0.269 e. The fourth-order valence-corrected chi connectivity index (χ4v) is 2.74. The minimum Gasteiger partial charge on any atom is -0.297 e. The number of hydrogen-bond acceptors (Lipinski definition) is 6. The Bertz CT molecular complexity index is 679. The molecule has 0 unspecified atom stereocenters. The van der Waals surface area contributed by atoms with Crippen LogP contribution in [0.15, 0.2) is 42.2 Å². The lowest BCUT2D eigenvalue weighted by molar-refractivity contribution is 0.103. The molecule has 1 N–H and O–H groups in total. The molecule has 7 heteroatoms. The quantitative estimate of drug-likeness (QED) is 0.804. The molecule has 3 heterocycles. The molecule has 5 nitrogen and oxygen atoms in total. The summed E-state index contributed by atoms with van der Waals surface area (Å²) < 4.78 is 0. The van der Waals surface area contributed by atoms with E-state index in [-0.39, 0.29) is 5.91 Å². The zero-order chi connectivity index (χ0) is 13.1. The number of aromatic nitrogens is 3. The van der Waals surface area contributed by atoms with E-state index in [1.165, 1.54) is 22.7 Å². The predicted octanol–water partition coefficient (Wildman–Crippen LogP) is 2.91. The molecule has 0 aromatic carbocycles. The van der Waals surface area contributed by atoms with Crippen molar-refractivity contribution in [1.29, 1.82) is 0 Å². The molecule has 0 saturated carbocycles. The number of carbonyl (C=O) groups is 1. The summed E-state index contributed by atoms with van der Waals surface area (Å²) in [6.07, 6.45) is 4.90. The molecule has 0 radical (unpaired) electrons. The Kier molecular flexibility index (Phi) is 3.30. The minimum absolute atomic E-state index is 0.199. The Balaban J connectivity index is 1.80. The predicted molar refractivity (Wildman–Crippen MR) is 75.4 cm³/mol. The molecule has 94 valence electrons. The summed E-state index contributed by atoms with van der Waals surface area (Å²) in [5.74, 6) is -0.199. The second kappa shape index (κ2) is 5.25. The Morgan fingerprint density at radius 1 is 1.16 bits per heavy atom. The first kappa shape index (κ1) is 11.9. The van der Waals surface area contributed by atoms with Crippen molar-refractivity contribution in [3.05, 3.63) is 47.0 Å². The Morgan fingerprint density at radius 2 is 2.11 bits per heavy atom. The fourth-order valence-electron chi connectivity index (χ4n) is 1.43. The normalized spacial score (nSPS) is 10.3. The monoisotopic (exact) mass is 288 g/mol. The molecule has 0 aliphatic heterocycles. The van der Waals surface area contributed by atoms with Crippen molar-refractivity contribution >= 4 is 33.7 Å². The van der Waals surface area contributed by atoms with E-state index in [4.69, 9.17) is 0 Å². The van der Waals surface area contributed by atoms with Crippen LogP contribution in [0.25, 0.3) is 10.7 Å². The highest BCUT2D eigenvalue weighted by atomic mass is 32.1. The van der Waals surface area contributed by atoms with Gasteiger partial charge in [0.15, 0.2) is 5.13 Å². The highest BCUT2D eigenvalue weighted by Gasteiger charge is 2.13. The topological polar surface area (TPSA) is 67.8 Å². The van der Waals surface area contributed by atoms with Crippen LogP contribution >= 0.6 is 22.7 Å². The Hall–Kier alpha value is -2.12. The van der Waals surface area contributed by atoms with Crippen LogP contribution in [0.2, 0.25) is 0 Å². The van der Waals surface area contributed by atoms with Crippen molar-refractivity contribution < 1.29 is 4.79 Å². The van der Waals surface area contributed by atoms with Crippen molar-refractivity contribution in [3.8, 4) is 10.7 Å². The SMILES string of the molecule is O=C(Nc1nccs1)c1cnc(-c2ccccn2)s1. The number of carbonyl (C=O) groups excluding carboxylic acids is 1. The van der Waals surface area contributed by atoms with Crippen LogP contribution in [-0.2, 0) is 0 Å². The van der Waals surface area contributed by atoms with Crippen molar-refractivity contribution in [2.24, 2.45) is 0 Å². The van der Waals surface area contributed by atoms with Gasteiger partial charge >= 0.3 is 0 Å². The van der Waals surface area contributed by atoms with E-state index in [0.29, 0.717) is 10.0 Å². The maximum atomic E-state index is 12.0. The van der Waals surface area contributed by atoms with E-state index >= 15 is 0 Å². The van der Waals surface area contributed by atoms with Crippen molar-refractivity contribution in [2.75, 3.05) is 5.32 Å². The Labute approximate surface area is 117 Å². The van der Waals surface area contributed by atoms with Crippen molar-refractivity contribution in [1.82, 2.24) is 15.0 Å². The fraction of sp³-hybridized carbons (Fsp3) is 0. The number of rotatable bonds is 3. The first-order chi connectivity index (χ1) is 9.33. The van der Waals surface area contributed by atoms with E-state index < -0.39 is 0 Å². The van der Waals surface area contributed by atoms with E-state index in [9.17, 15) is 4.79 Å². The molecule has 0 saturated heterocycles. The molecule has 19 heavy (non-hydrogen) atoms. The number of amides is 1. The number of hydrogen-bond donors (Lipinski definition) is 1. The third-order valence-electron chi connectivity index (χ3n) is 2.27. The van der Waals surface area contributed by atoms with Crippen LogP contribution in [0.4, 0.5) is 5.13 Å². The number of anilines is 1. The van der Waals surface area contributed by atoms with Crippen LogP contribution in [0.3, 0.4) is 0 Å². The standard InChI is InChI=1S/C12H8N4OS2/c17-10(16-12-14-5-6-18-12)9-7-15-11(19-9)8-3-1-2-4-13-8/h1-7H,(H,14,16,17). The van der Waals surface area contributed by atoms with Gasteiger partial charge in [-0.25, -0.2) is 9.97 Å². The van der Waals surface area contributed by atoms with Gasteiger partial charge < -0.3 is 0 Å². The van der Waals surface area contributed by atoms with Gasteiger partial charge in [0.05, 0.1) is 11.9 Å². The van der Waals surface area contributed by atoms with Crippen molar-refractivity contribution in [2.45, 2.75) is 0 Å². The van der Waals surface area contributed by atoms with Gasteiger partial charge in [-0.05, 0) is 12.1 Å². The van der Waals surface area contributed by atoms with Gasteiger partial charge in [-0.2, -0.15) is 0 Å². The number of nitrogens with zero attached hydrogens (tertiary/aromatic N) is 3. The van der Waals surface area contributed by atoms with E-state index in [2.05, 4.69) is 20.3 Å². The molecule has 3 rings (SSSR count). The second-order valence-electron chi connectivity index (χ2n) is 3.54. The summed E-state index contributed by atoms with van der Waals surface area (Å²) in [5.41, 5.74) is 0.765. The van der Waals surface area contributed by atoms with E-state index in [1.54, 1.807) is 18.6 Å². The number of nitrogens with one attached hydrogen (secondary N) is 1. The summed E-state index contributed by atoms with van der Waals surface area (Å²) in [4.78, 5) is 24.9. The van der Waals surface area contributed by atoms with E-state index in [1.807, 2.05) is 23.6 Å². The number of thiazole rings is 2. The minimum atomic E-state index is -0.199. The lowest BCUT2D eigenvalue weighted by Crippen LogP contribution is -2.09. The molecule has 0 aliphatic rings. The van der Waals surface area contributed by atoms with Crippen LogP contribution in [0, 0.1) is 0 Å². The van der Waals surface area contributed by atoms with Gasteiger partial charge in [0.2, 0.25) is 0 Å². The third-order valence-corrected chi connectivity index (χ3v) is 3.97. The second-order valence-corrected chi connectivity index (χ2v) is 5.46. The average Bonchev–Trinajstić information content (AvgIpc) is 3.10. The summed E-state index contributed by atoms with van der Waals surface area (Å²) in [7, 11) is 0. The zero-order valence-electron chi connectivity index (χ0n) is 9.61. The van der Waals surface area contributed by atoms with Crippen LogP contribution in [-0.4, -0.2) is 20.9 Å².